The van der Waals surface area contributed by atoms with Crippen molar-refractivity contribution < 1.29 is 4.74 Å². The van der Waals surface area contributed by atoms with Gasteiger partial charge in [0.1, 0.15) is 0 Å². The maximum Gasteiger partial charge on any atom is 0.0797 e. The van der Waals surface area contributed by atoms with Crippen LogP contribution in [-0.4, -0.2) is 13.2 Å². The Labute approximate surface area is 115 Å². The van der Waals surface area contributed by atoms with Gasteiger partial charge in [0.15, 0.2) is 0 Å². The van der Waals surface area contributed by atoms with Gasteiger partial charge in [-0.25, -0.2) is 0 Å². The van der Waals surface area contributed by atoms with Gasteiger partial charge < -0.3 is 10.1 Å². The summed E-state index contributed by atoms with van der Waals surface area (Å²) in [6.45, 7) is 5.69. The van der Waals surface area contributed by atoms with Crippen LogP contribution in [0.2, 0.25) is 0 Å². The van der Waals surface area contributed by atoms with Crippen molar-refractivity contribution in [3.05, 3.63) is 65.7 Å². The van der Waals surface area contributed by atoms with Gasteiger partial charge in [-0.3, -0.25) is 0 Å². The predicted molar refractivity (Wildman–Crippen MR) is 80.5 cm³/mol. The number of ether oxygens (including phenoxy) is 1. The number of aryl methyl sites for hydroxylation is 1. The smallest absolute Gasteiger partial charge is 0.0797 e. The molecule has 1 atom stereocenters. The number of anilines is 1. The van der Waals surface area contributed by atoms with Crippen LogP contribution >= 0.6 is 0 Å². The largest absolute Gasteiger partial charge is 0.383 e. The molecule has 0 heterocycles. The van der Waals surface area contributed by atoms with E-state index in [2.05, 4.69) is 55.6 Å². The van der Waals surface area contributed by atoms with E-state index in [0.717, 1.165) is 12.2 Å². The summed E-state index contributed by atoms with van der Waals surface area (Å²) >= 11 is 0. The lowest BCUT2D eigenvalue weighted by Gasteiger charge is -2.14. The van der Waals surface area contributed by atoms with Gasteiger partial charge in [-0.2, -0.15) is 0 Å². The Kier molecular flexibility index (Phi) is 4.99. The standard InChI is InChI=1S/C17H21NO/c1-14-8-10-17(11-9-14)18-12-13-19-15(2)16-6-4-3-5-7-16/h3-11,15,18H,12-13H2,1-2H3. The highest BCUT2D eigenvalue weighted by Gasteiger charge is 2.03. The molecule has 2 aromatic rings. The van der Waals surface area contributed by atoms with Crippen LogP contribution < -0.4 is 5.32 Å². The topological polar surface area (TPSA) is 21.3 Å². The van der Waals surface area contributed by atoms with Gasteiger partial charge in [0.05, 0.1) is 12.7 Å². The van der Waals surface area contributed by atoms with Gasteiger partial charge in [0.2, 0.25) is 0 Å². The van der Waals surface area contributed by atoms with E-state index in [-0.39, 0.29) is 6.10 Å². The van der Waals surface area contributed by atoms with E-state index in [9.17, 15) is 0 Å². The Morgan fingerprint density at radius 2 is 1.68 bits per heavy atom. The Morgan fingerprint density at radius 3 is 2.37 bits per heavy atom. The van der Waals surface area contributed by atoms with Crippen molar-refractivity contribution >= 4 is 5.69 Å². The minimum atomic E-state index is 0.140. The molecule has 1 N–H and O–H groups in total. The molecule has 2 rings (SSSR count). The van der Waals surface area contributed by atoms with Gasteiger partial charge in [0.25, 0.3) is 0 Å². The molecule has 0 saturated heterocycles. The second kappa shape index (κ2) is 6.95. The second-order valence-electron chi connectivity index (χ2n) is 4.72. The summed E-state index contributed by atoms with van der Waals surface area (Å²) in [6, 6.07) is 18.7. The van der Waals surface area contributed by atoms with Crippen LogP contribution in [0.25, 0.3) is 0 Å². The molecule has 0 amide bonds. The Bertz CT molecular complexity index is 478. The minimum Gasteiger partial charge on any atom is -0.383 e. The summed E-state index contributed by atoms with van der Waals surface area (Å²) in [5.41, 5.74) is 3.64. The van der Waals surface area contributed by atoms with E-state index < -0.39 is 0 Å². The van der Waals surface area contributed by atoms with E-state index in [1.54, 1.807) is 0 Å². The first-order chi connectivity index (χ1) is 9.25. The van der Waals surface area contributed by atoms with Gasteiger partial charge in [-0.15, -0.1) is 0 Å². The zero-order valence-corrected chi connectivity index (χ0v) is 11.6. The molecule has 2 aromatic carbocycles. The number of hydrogen-bond acceptors (Lipinski definition) is 2. The molecule has 0 spiro atoms. The molecule has 0 fully saturated rings. The third-order valence-corrected chi connectivity index (χ3v) is 3.12. The normalized spacial score (nSPS) is 12.1. The number of benzene rings is 2. The highest BCUT2D eigenvalue weighted by Crippen LogP contribution is 2.15. The van der Waals surface area contributed by atoms with Crippen molar-refractivity contribution in [1.29, 1.82) is 0 Å². The summed E-state index contributed by atoms with van der Waals surface area (Å²) in [4.78, 5) is 0. The zero-order valence-electron chi connectivity index (χ0n) is 11.6. The van der Waals surface area contributed by atoms with Crippen molar-refractivity contribution in [2.75, 3.05) is 18.5 Å². The van der Waals surface area contributed by atoms with Crippen LogP contribution in [0.3, 0.4) is 0 Å². The Morgan fingerprint density at radius 1 is 1.00 bits per heavy atom. The molecule has 0 aliphatic rings. The third-order valence-electron chi connectivity index (χ3n) is 3.12. The maximum atomic E-state index is 5.81. The first-order valence-electron chi connectivity index (χ1n) is 6.73. The number of nitrogens with one attached hydrogen (secondary N) is 1. The molecule has 0 aliphatic carbocycles. The molecule has 19 heavy (non-hydrogen) atoms. The first kappa shape index (κ1) is 13.6. The molecule has 0 aliphatic heterocycles. The molecular weight excluding hydrogens is 234 g/mol. The van der Waals surface area contributed by atoms with Crippen molar-refractivity contribution in [2.45, 2.75) is 20.0 Å². The molecule has 0 radical (unpaired) electrons. The monoisotopic (exact) mass is 255 g/mol. The average molecular weight is 255 g/mol. The van der Waals surface area contributed by atoms with Crippen LogP contribution in [0.1, 0.15) is 24.2 Å². The quantitative estimate of drug-likeness (QED) is 0.782. The van der Waals surface area contributed by atoms with E-state index in [1.807, 2.05) is 18.2 Å². The highest BCUT2D eigenvalue weighted by molar-refractivity contribution is 5.44. The zero-order chi connectivity index (χ0) is 13.5. The van der Waals surface area contributed by atoms with Crippen LogP contribution in [-0.2, 0) is 4.74 Å². The van der Waals surface area contributed by atoms with Crippen LogP contribution in [0, 0.1) is 6.92 Å². The Hall–Kier alpha value is -1.80. The van der Waals surface area contributed by atoms with E-state index >= 15 is 0 Å². The molecule has 1 unspecified atom stereocenters. The van der Waals surface area contributed by atoms with Crippen LogP contribution in [0.5, 0.6) is 0 Å². The maximum absolute atomic E-state index is 5.81. The summed E-state index contributed by atoms with van der Waals surface area (Å²) in [7, 11) is 0. The molecule has 0 bridgehead atoms. The van der Waals surface area contributed by atoms with Gasteiger partial charge in [-0.1, -0.05) is 48.0 Å². The summed E-state index contributed by atoms with van der Waals surface area (Å²) in [5, 5.41) is 3.35. The van der Waals surface area contributed by atoms with Gasteiger partial charge in [0, 0.05) is 12.2 Å². The molecule has 2 nitrogen and oxygen atoms in total. The molecular formula is C17H21NO. The summed E-state index contributed by atoms with van der Waals surface area (Å²) in [5.74, 6) is 0. The molecule has 100 valence electrons. The number of hydrogen-bond donors (Lipinski definition) is 1. The number of rotatable bonds is 6. The second-order valence-corrected chi connectivity index (χ2v) is 4.72. The van der Waals surface area contributed by atoms with Crippen molar-refractivity contribution in [3.63, 3.8) is 0 Å². The van der Waals surface area contributed by atoms with Crippen molar-refractivity contribution in [3.8, 4) is 0 Å². The lowest BCUT2D eigenvalue weighted by atomic mass is 10.1. The lowest BCUT2D eigenvalue weighted by molar-refractivity contribution is 0.0736. The van der Waals surface area contributed by atoms with Gasteiger partial charge >= 0.3 is 0 Å². The van der Waals surface area contributed by atoms with E-state index in [0.29, 0.717) is 6.61 Å². The Balaban J connectivity index is 1.71. The molecule has 0 aromatic heterocycles. The van der Waals surface area contributed by atoms with Crippen LogP contribution in [0.4, 0.5) is 5.69 Å². The SMILES string of the molecule is Cc1ccc(NCCOC(C)c2ccccc2)cc1. The summed E-state index contributed by atoms with van der Waals surface area (Å²) < 4.78 is 5.81. The fourth-order valence-electron chi connectivity index (χ4n) is 1.92. The summed E-state index contributed by atoms with van der Waals surface area (Å²) in [6.07, 6.45) is 0.140. The van der Waals surface area contributed by atoms with Crippen LogP contribution in [0.15, 0.2) is 54.6 Å². The highest BCUT2D eigenvalue weighted by atomic mass is 16.5. The average Bonchev–Trinajstić information content (AvgIpc) is 2.46. The third kappa shape index (κ3) is 4.42. The van der Waals surface area contributed by atoms with Crippen molar-refractivity contribution in [2.24, 2.45) is 0 Å². The van der Waals surface area contributed by atoms with E-state index in [1.165, 1.54) is 11.1 Å². The van der Waals surface area contributed by atoms with E-state index in [4.69, 9.17) is 4.74 Å². The predicted octanol–water partition coefficient (Wildman–Crippen LogP) is 4.18. The first-order valence-corrected chi connectivity index (χ1v) is 6.73. The van der Waals surface area contributed by atoms with Crippen molar-refractivity contribution in [1.82, 2.24) is 0 Å². The molecule has 2 heteroatoms. The fraction of sp³-hybridized carbons (Fsp3) is 0.294. The molecule has 0 saturated carbocycles. The lowest BCUT2D eigenvalue weighted by Crippen LogP contribution is -2.11. The fourth-order valence-corrected chi connectivity index (χ4v) is 1.92. The van der Waals surface area contributed by atoms with Gasteiger partial charge in [-0.05, 0) is 31.5 Å². The minimum absolute atomic E-state index is 0.140.